The minimum Gasteiger partial charge on any atom is -0.319 e. The number of thioether (sulfide) groups is 1. The lowest BCUT2D eigenvalue weighted by Crippen LogP contribution is -2.14. The smallest absolute Gasteiger partial charge is 0.236 e. The van der Waals surface area contributed by atoms with Crippen molar-refractivity contribution in [3.8, 4) is 11.3 Å². The first kappa shape index (κ1) is 22.4. The molecule has 0 aliphatic rings. The number of nitrogens with one attached hydrogen (secondary N) is 1. The van der Waals surface area contributed by atoms with Crippen LogP contribution in [0.25, 0.3) is 33.3 Å². The molecule has 0 saturated heterocycles. The molecule has 1 amide bonds. The fourth-order valence-corrected chi connectivity index (χ4v) is 5.35. The zero-order valence-corrected chi connectivity index (χ0v) is 20.7. The van der Waals surface area contributed by atoms with Crippen LogP contribution in [0.15, 0.2) is 95.5 Å². The number of thiazole rings is 1. The number of hydrogen-bond donors (Lipinski definition) is 1. The predicted molar refractivity (Wildman–Crippen MR) is 145 cm³/mol. The van der Waals surface area contributed by atoms with E-state index >= 15 is 0 Å². The van der Waals surface area contributed by atoms with Crippen LogP contribution in [0.3, 0.4) is 0 Å². The highest BCUT2D eigenvalue weighted by Gasteiger charge is 2.16. The molecule has 0 spiro atoms. The quantitative estimate of drug-likeness (QED) is 0.271. The first-order chi connectivity index (χ1) is 17.7. The van der Waals surface area contributed by atoms with Gasteiger partial charge in [-0.2, -0.15) is 0 Å². The van der Waals surface area contributed by atoms with Crippen LogP contribution < -0.4 is 5.32 Å². The Morgan fingerprint density at radius 1 is 0.889 bits per heavy atom. The molecule has 0 unspecified atom stereocenters. The molecule has 0 aliphatic heterocycles. The predicted octanol–water partition coefficient (Wildman–Crippen LogP) is 5.88. The van der Waals surface area contributed by atoms with Crippen molar-refractivity contribution in [1.29, 1.82) is 0 Å². The highest BCUT2D eigenvalue weighted by Crippen LogP contribution is 2.28. The Morgan fingerprint density at radius 2 is 1.64 bits per heavy atom. The Labute approximate surface area is 215 Å². The Hall–Kier alpha value is -4.08. The summed E-state index contributed by atoms with van der Waals surface area (Å²) in [5.41, 5.74) is 5.59. The van der Waals surface area contributed by atoms with Crippen LogP contribution in [-0.2, 0) is 11.3 Å². The highest BCUT2D eigenvalue weighted by molar-refractivity contribution is 7.99. The molecule has 6 aromatic rings. The maximum atomic E-state index is 12.6. The molecule has 3 aromatic heterocycles. The van der Waals surface area contributed by atoms with Crippen LogP contribution >= 0.6 is 23.1 Å². The van der Waals surface area contributed by atoms with Crippen molar-refractivity contribution in [2.75, 3.05) is 11.1 Å². The van der Waals surface area contributed by atoms with Crippen molar-refractivity contribution < 1.29 is 4.79 Å². The van der Waals surface area contributed by atoms with Crippen LogP contribution in [-0.4, -0.2) is 36.4 Å². The number of anilines is 1. The largest absolute Gasteiger partial charge is 0.319 e. The van der Waals surface area contributed by atoms with Crippen LogP contribution in [0, 0.1) is 0 Å². The molecule has 3 aromatic carbocycles. The van der Waals surface area contributed by atoms with Crippen LogP contribution in [0.1, 0.15) is 5.56 Å². The number of amides is 1. The van der Waals surface area contributed by atoms with Crippen LogP contribution in [0.5, 0.6) is 0 Å². The lowest BCUT2D eigenvalue weighted by atomic mass is 10.2. The van der Waals surface area contributed by atoms with E-state index in [1.807, 2.05) is 72.1 Å². The number of fused-ring (bicyclic) bond motifs is 3. The van der Waals surface area contributed by atoms with Gasteiger partial charge in [-0.05, 0) is 11.6 Å². The molecule has 0 atom stereocenters. The second-order valence-corrected chi connectivity index (χ2v) is 9.90. The van der Waals surface area contributed by atoms with Crippen molar-refractivity contribution in [3.63, 3.8) is 0 Å². The molecule has 7 nitrogen and oxygen atoms in total. The molecular formula is C27H20N6OS2. The minimum atomic E-state index is -0.164. The third kappa shape index (κ3) is 4.58. The van der Waals surface area contributed by atoms with E-state index in [-0.39, 0.29) is 11.7 Å². The molecule has 0 fully saturated rings. The summed E-state index contributed by atoms with van der Waals surface area (Å²) in [7, 11) is 0. The first-order valence-electron chi connectivity index (χ1n) is 11.3. The van der Waals surface area contributed by atoms with E-state index < -0.39 is 0 Å². The van der Waals surface area contributed by atoms with Gasteiger partial charge in [0.15, 0.2) is 10.8 Å². The Balaban J connectivity index is 1.21. The molecule has 36 heavy (non-hydrogen) atoms. The van der Waals surface area contributed by atoms with Gasteiger partial charge < -0.3 is 9.88 Å². The van der Waals surface area contributed by atoms with Crippen molar-refractivity contribution in [2.24, 2.45) is 0 Å². The van der Waals surface area contributed by atoms with E-state index in [0.29, 0.717) is 16.8 Å². The fourth-order valence-electron chi connectivity index (χ4n) is 4.03. The van der Waals surface area contributed by atoms with E-state index in [1.54, 1.807) is 0 Å². The summed E-state index contributed by atoms with van der Waals surface area (Å²) in [6.07, 6.45) is 0. The second kappa shape index (κ2) is 9.88. The Kier molecular flexibility index (Phi) is 6.15. The number of hydrogen-bond acceptors (Lipinski definition) is 7. The zero-order valence-electron chi connectivity index (χ0n) is 19.0. The second-order valence-electron chi connectivity index (χ2n) is 8.10. The van der Waals surface area contributed by atoms with Gasteiger partial charge in [-0.1, -0.05) is 90.6 Å². The van der Waals surface area contributed by atoms with Crippen molar-refractivity contribution >= 4 is 56.2 Å². The van der Waals surface area contributed by atoms with Gasteiger partial charge in [0, 0.05) is 22.9 Å². The number of aromatic nitrogens is 5. The van der Waals surface area contributed by atoms with Gasteiger partial charge in [0.2, 0.25) is 11.1 Å². The average molecular weight is 509 g/mol. The van der Waals surface area contributed by atoms with Gasteiger partial charge in [-0.15, -0.1) is 21.5 Å². The Morgan fingerprint density at radius 3 is 2.47 bits per heavy atom. The number of carbonyl (C=O) groups excluding carboxylic acids is 1. The molecule has 1 N–H and O–H groups in total. The number of carbonyl (C=O) groups is 1. The molecule has 0 aliphatic carbocycles. The maximum Gasteiger partial charge on any atom is 0.236 e. The molecule has 0 saturated carbocycles. The molecule has 6 rings (SSSR count). The fraction of sp³-hybridized carbons (Fsp3) is 0.0741. The van der Waals surface area contributed by atoms with Gasteiger partial charge in [0.1, 0.15) is 5.52 Å². The molecule has 0 bridgehead atoms. The van der Waals surface area contributed by atoms with Gasteiger partial charge in [0.05, 0.1) is 17.0 Å². The van der Waals surface area contributed by atoms with Gasteiger partial charge in [-0.3, -0.25) is 4.79 Å². The van der Waals surface area contributed by atoms with Crippen molar-refractivity contribution in [2.45, 2.75) is 11.7 Å². The van der Waals surface area contributed by atoms with E-state index in [4.69, 9.17) is 4.98 Å². The first-order valence-corrected chi connectivity index (χ1v) is 13.2. The summed E-state index contributed by atoms with van der Waals surface area (Å²) < 4.78 is 2.15. The molecule has 0 radical (unpaired) electrons. The number of rotatable bonds is 7. The van der Waals surface area contributed by atoms with Gasteiger partial charge in [0.25, 0.3) is 0 Å². The monoisotopic (exact) mass is 508 g/mol. The zero-order chi connectivity index (χ0) is 24.3. The SMILES string of the molecule is O=C(CSc1nnc2c3ccccc3n(Cc3ccccc3)c2n1)Nc1nc(-c2ccccc2)cs1. The Bertz CT molecular complexity index is 1660. The topological polar surface area (TPSA) is 85.6 Å². The summed E-state index contributed by atoms with van der Waals surface area (Å²) in [5, 5.41) is 15.6. The lowest BCUT2D eigenvalue weighted by molar-refractivity contribution is -0.113. The molecule has 176 valence electrons. The normalized spacial score (nSPS) is 11.2. The molecular weight excluding hydrogens is 488 g/mol. The lowest BCUT2D eigenvalue weighted by Gasteiger charge is -2.07. The summed E-state index contributed by atoms with van der Waals surface area (Å²) in [5.74, 6) is -0.00528. The van der Waals surface area contributed by atoms with Crippen LogP contribution in [0.2, 0.25) is 0 Å². The summed E-state index contributed by atoms with van der Waals surface area (Å²) in [4.78, 5) is 21.9. The number of benzene rings is 3. The standard InChI is InChI=1S/C27H20N6OS2/c34-23(29-26-28-21(16-35-26)19-11-5-2-6-12-19)17-36-27-30-25-24(31-32-27)20-13-7-8-14-22(20)33(25)15-18-9-3-1-4-10-18/h1-14,16H,15,17H2,(H,28,29,34). The van der Waals surface area contributed by atoms with E-state index in [1.165, 1.54) is 28.7 Å². The third-order valence-electron chi connectivity index (χ3n) is 5.69. The average Bonchev–Trinajstić information content (AvgIpc) is 3.51. The summed E-state index contributed by atoms with van der Waals surface area (Å²) in [6.45, 7) is 0.669. The number of para-hydroxylation sites is 1. The van der Waals surface area contributed by atoms with E-state index in [2.05, 4.69) is 43.3 Å². The summed E-state index contributed by atoms with van der Waals surface area (Å²) in [6, 6.07) is 28.2. The van der Waals surface area contributed by atoms with E-state index in [9.17, 15) is 4.79 Å². The molecule has 9 heteroatoms. The third-order valence-corrected chi connectivity index (χ3v) is 7.29. The minimum absolute atomic E-state index is 0.159. The maximum absolute atomic E-state index is 12.6. The number of nitrogens with zero attached hydrogens (tertiary/aromatic N) is 5. The van der Waals surface area contributed by atoms with Gasteiger partial charge >= 0.3 is 0 Å². The van der Waals surface area contributed by atoms with E-state index in [0.717, 1.165) is 33.3 Å². The molecule has 3 heterocycles. The summed E-state index contributed by atoms with van der Waals surface area (Å²) >= 11 is 2.66. The van der Waals surface area contributed by atoms with Crippen LogP contribution in [0.4, 0.5) is 5.13 Å². The van der Waals surface area contributed by atoms with Gasteiger partial charge in [-0.25, -0.2) is 9.97 Å². The highest BCUT2D eigenvalue weighted by atomic mass is 32.2. The van der Waals surface area contributed by atoms with Crippen molar-refractivity contribution in [3.05, 3.63) is 95.9 Å². The van der Waals surface area contributed by atoms with Crippen molar-refractivity contribution in [1.82, 2.24) is 24.7 Å².